The molecule has 2 amide bonds. The normalized spacial score (nSPS) is 19.8. The van der Waals surface area contributed by atoms with Gasteiger partial charge in [0.25, 0.3) is 0 Å². The molecule has 2 fully saturated rings. The van der Waals surface area contributed by atoms with Crippen LogP contribution in [0.15, 0.2) is 24.3 Å². The molecular weight excluding hydrogens is 340 g/mol. The van der Waals surface area contributed by atoms with Gasteiger partial charge in [0.1, 0.15) is 0 Å². The zero-order chi connectivity index (χ0) is 17.5. The van der Waals surface area contributed by atoms with Crippen molar-refractivity contribution in [3.8, 4) is 0 Å². The highest BCUT2D eigenvalue weighted by molar-refractivity contribution is 6.31. The summed E-state index contributed by atoms with van der Waals surface area (Å²) in [5.74, 6) is 0. The Hall–Kier alpha value is -1.34. The van der Waals surface area contributed by atoms with Crippen LogP contribution in [-0.4, -0.2) is 86.3 Å². The molecule has 0 unspecified atom stereocenters. The van der Waals surface area contributed by atoms with E-state index < -0.39 is 0 Å². The average molecular weight is 367 g/mol. The fourth-order valence-electron chi connectivity index (χ4n) is 3.21. The van der Waals surface area contributed by atoms with Crippen molar-refractivity contribution in [2.24, 2.45) is 0 Å². The van der Waals surface area contributed by atoms with Gasteiger partial charge in [-0.3, -0.25) is 9.80 Å². The quantitative estimate of drug-likeness (QED) is 0.858. The van der Waals surface area contributed by atoms with Crippen LogP contribution in [0.5, 0.6) is 0 Å². The number of nitrogens with zero attached hydrogens (tertiary/aromatic N) is 3. The lowest BCUT2D eigenvalue weighted by atomic mass is 10.2. The second kappa shape index (κ2) is 9.38. The van der Waals surface area contributed by atoms with Crippen LogP contribution < -0.4 is 5.32 Å². The van der Waals surface area contributed by atoms with E-state index in [0.29, 0.717) is 11.6 Å². The summed E-state index contributed by atoms with van der Waals surface area (Å²) in [4.78, 5) is 19.1. The molecule has 25 heavy (non-hydrogen) atoms. The first-order valence-electron chi connectivity index (χ1n) is 9.01. The summed E-state index contributed by atoms with van der Waals surface area (Å²) >= 11 is 6.13. The SMILES string of the molecule is O=C(NCc1ccccc1Cl)N1CCN(CCN2CCOCC2)CC1. The van der Waals surface area contributed by atoms with E-state index in [-0.39, 0.29) is 6.03 Å². The van der Waals surface area contributed by atoms with Crippen molar-refractivity contribution < 1.29 is 9.53 Å². The number of benzene rings is 1. The third-order valence-corrected chi connectivity index (χ3v) is 5.25. The zero-order valence-electron chi connectivity index (χ0n) is 14.6. The van der Waals surface area contributed by atoms with Crippen molar-refractivity contribution in [1.29, 1.82) is 0 Å². The van der Waals surface area contributed by atoms with Gasteiger partial charge >= 0.3 is 6.03 Å². The summed E-state index contributed by atoms with van der Waals surface area (Å²) in [5, 5.41) is 3.66. The molecule has 0 aromatic heterocycles. The van der Waals surface area contributed by atoms with Gasteiger partial charge in [0.15, 0.2) is 0 Å². The van der Waals surface area contributed by atoms with E-state index in [1.807, 2.05) is 29.2 Å². The Morgan fingerprint density at radius 3 is 2.32 bits per heavy atom. The second-order valence-electron chi connectivity index (χ2n) is 6.53. The molecule has 7 heteroatoms. The van der Waals surface area contributed by atoms with E-state index in [9.17, 15) is 4.79 Å². The third kappa shape index (κ3) is 5.57. The molecule has 2 saturated heterocycles. The lowest BCUT2D eigenvalue weighted by Gasteiger charge is -2.36. The minimum Gasteiger partial charge on any atom is -0.379 e. The molecule has 0 aliphatic carbocycles. The average Bonchev–Trinajstić information content (AvgIpc) is 2.67. The van der Waals surface area contributed by atoms with Crippen LogP contribution in [0.4, 0.5) is 4.79 Å². The smallest absolute Gasteiger partial charge is 0.317 e. The Kier molecular flexibility index (Phi) is 6.93. The predicted molar refractivity (Wildman–Crippen MR) is 99.0 cm³/mol. The van der Waals surface area contributed by atoms with Crippen molar-refractivity contribution in [2.45, 2.75) is 6.54 Å². The number of carbonyl (C=O) groups excluding carboxylic acids is 1. The van der Waals surface area contributed by atoms with Crippen molar-refractivity contribution >= 4 is 17.6 Å². The van der Waals surface area contributed by atoms with Crippen LogP contribution in [0.25, 0.3) is 0 Å². The minimum atomic E-state index is -0.00671. The molecule has 1 aromatic rings. The Morgan fingerprint density at radius 2 is 1.64 bits per heavy atom. The zero-order valence-corrected chi connectivity index (χ0v) is 15.4. The number of amides is 2. The molecule has 0 atom stereocenters. The summed E-state index contributed by atoms with van der Waals surface area (Å²) in [7, 11) is 0. The second-order valence-corrected chi connectivity index (χ2v) is 6.94. The maximum absolute atomic E-state index is 12.3. The number of rotatable bonds is 5. The number of piperazine rings is 1. The highest BCUT2D eigenvalue weighted by Crippen LogP contribution is 2.14. The van der Waals surface area contributed by atoms with Crippen molar-refractivity contribution in [2.75, 3.05) is 65.6 Å². The molecule has 0 saturated carbocycles. The van der Waals surface area contributed by atoms with Crippen LogP contribution in [0.3, 0.4) is 0 Å². The van der Waals surface area contributed by atoms with Gasteiger partial charge in [-0.2, -0.15) is 0 Å². The molecule has 1 N–H and O–H groups in total. The van der Waals surface area contributed by atoms with Crippen molar-refractivity contribution in [3.63, 3.8) is 0 Å². The summed E-state index contributed by atoms with van der Waals surface area (Å²) in [6.07, 6.45) is 0. The fraction of sp³-hybridized carbons (Fsp3) is 0.611. The van der Waals surface area contributed by atoms with E-state index in [1.54, 1.807) is 0 Å². The molecule has 138 valence electrons. The number of ether oxygens (including phenoxy) is 1. The minimum absolute atomic E-state index is 0.00671. The number of carbonyl (C=O) groups is 1. The van der Waals surface area contributed by atoms with E-state index in [4.69, 9.17) is 16.3 Å². The molecule has 0 radical (unpaired) electrons. The highest BCUT2D eigenvalue weighted by Gasteiger charge is 2.21. The number of hydrogen-bond acceptors (Lipinski definition) is 4. The predicted octanol–water partition coefficient (Wildman–Crippen LogP) is 1.50. The number of halogens is 1. The summed E-state index contributed by atoms with van der Waals surface area (Å²) in [5.41, 5.74) is 0.946. The first-order valence-corrected chi connectivity index (χ1v) is 9.39. The molecule has 0 bridgehead atoms. The molecule has 2 aliphatic heterocycles. The maximum Gasteiger partial charge on any atom is 0.317 e. The highest BCUT2D eigenvalue weighted by atomic mass is 35.5. The molecule has 2 heterocycles. The van der Waals surface area contributed by atoms with E-state index in [1.165, 1.54) is 0 Å². The lowest BCUT2D eigenvalue weighted by molar-refractivity contribution is 0.0309. The first kappa shape index (κ1) is 18.5. The molecule has 1 aromatic carbocycles. The van der Waals surface area contributed by atoms with Crippen molar-refractivity contribution in [1.82, 2.24) is 20.0 Å². The van der Waals surface area contributed by atoms with Crippen LogP contribution >= 0.6 is 11.6 Å². The Morgan fingerprint density at radius 1 is 1.00 bits per heavy atom. The Bertz CT molecular complexity index is 558. The van der Waals surface area contributed by atoms with Gasteiger partial charge in [-0.1, -0.05) is 29.8 Å². The number of nitrogens with one attached hydrogen (secondary N) is 1. The number of morpholine rings is 1. The largest absolute Gasteiger partial charge is 0.379 e. The van der Waals surface area contributed by atoms with Crippen LogP contribution in [0, 0.1) is 0 Å². The van der Waals surface area contributed by atoms with Crippen molar-refractivity contribution in [3.05, 3.63) is 34.9 Å². The Labute approximate surface area is 154 Å². The van der Waals surface area contributed by atoms with Gasteiger partial charge in [-0.05, 0) is 11.6 Å². The summed E-state index contributed by atoms with van der Waals surface area (Å²) in [6, 6.07) is 7.60. The standard InChI is InChI=1S/C18H27ClN4O2/c19-17-4-2-1-3-16(17)15-20-18(24)23-9-7-21(8-10-23)5-6-22-11-13-25-14-12-22/h1-4H,5-15H2,(H,20,24). The molecular formula is C18H27ClN4O2. The summed E-state index contributed by atoms with van der Waals surface area (Å²) in [6.45, 7) is 9.79. The number of urea groups is 1. The van der Waals surface area contributed by atoms with Gasteiger partial charge in [-0.15, -0.1) is 0 Å². The summed E-state index contributed by atoms with van der Waals surface area (Å²) < 4.78 is 5.38. The van der Waals surface area contributed by atoms with Gasteiger partial charge in [-0.25, -0.2) is 4.79 Å². The fourth-order valence-corrected chi connectivity index (χ4v) is 3.41. The molecule has 6 nitrogen and oxygen atoms in total. The van der Waals surface area contributed by atoms with Gasteiger partial charge in [0, 0.05) is 63.9 Å². The molecule has 3 rings (SSSR count). The number of hydrogen-bond donors (Lipinski definition) is 1. The van der Waals surface area contributed by atoms with Gasteiger partial charge in [0.2, 0.25) is 0 Å². The maximum atomic E-state index is 12.3. The van der Waals surface area contributed by atoms with Gasteiger partial charge in [0.05, 0.1) is 13.2 Å². The van der Waals surface area contributed by atoms with Crippen LogP contribution in [-0.2, 0) is 11.3 Å². The first-order chi connectivity index (χ1) is 12.2. The molecule has 0 spiro atoms. The van der Waals surface area contributed by atoms with Crippen LogP contribution in [0.2, 0.25) is 5.02 Å². The topological polar surface area (TPSA) is 48.1 Å². The lowest BCUT2D eigenvalue weighted by Crippen LogP contribution is -2.53. The monoisotopic (exact) mass is 366 g/mol. The van der Waals surface area contributed by atoms with E-state index >= 15 is 0 Å². The van der Waals surface area contributed by atoms with E-state index in [2.05, 4.69) is 15.1 Å². The Balaban J connectivity index is 1.35. The van der Waals surface area contributed by atoms with Gasteiger partial charge < -0.3 is 15.0 Å². The van der Waals surface area contributed by atoms with E-state index in [0.717, 1.165) is 71.1 Å². The van der Waals surface area contributed by atoms with Crippen LogP contribution in [0.1, 0.15) is 5.56 Å². The molecule has 2 aliphatic rings. The third-order valence-electron chi connectivity index (χ3n) is 4.88.